The Morgan fingerprint density at radius 1 is 1.35 bits per heavy atom. The van der Waals surface area contributed by atoms with Gasteiger partial charge in [0.2, 0.25) is 5.91 Å². The molecular formula is C15H21N3OS. The van der Waals surface area contributed by atoms with E-state index in [1.807, 2.05) is 46.0 Å². The molecule has 1 heterocycles. The molecule has 0 radical (unpaired) electrons. The van der Waals surface area contributed by atoms with E-state index in [0.717, 1.165) is 23.4 Å². The third-order valence-corrected chi connectivity index (χ3v) is 4.13. The first-order valence-corrected chi connectivity index (χ1v) is 7.09. The Kier molecular flexibility index (Phi) is 3.73. The van der Waals surface area contributed by atoms with Gasteiger partial charge in [0.1, 0.15) is 10.5 Å². The lowest BCUT2D eigenvalue weighted by Gasteiger charge is -2.46. The number of anilines is 1. The van der Waals surface area contributed by atoms with E-state index in [2.05, 4.69) is 4.90 Å². The summed E-state index contributed by atoms with van der Waals surface area (Å²) in [5.74, 6) is 0.109. The van der Waals surface area contributed by atoms with Crippen LogP contribution in [0.2, 0.25) is 0 Å². The summed E-state index contributed by atoms with van der Waals surface area (Å²) in [6, 6.07) is 6.01. The summed E-state index contributed by atoms with van der Waals surface area (Å²) in [7, 11) is 1.84. The molecule has 4 nitrogen and oxygen atoms in total. The van der Waals surface area contributed by atoms with Gasteiger partial charge in [0.15, 0.2) is 0 Å². The third-order valence-electron chi connectivity index (χ3n) is 3.91. The number of carbonyl (C=O) groups is 1. The lowest BCUT2D eigenvalue weighted by molar-refractivity contribution is -0.136. The van der Waals surface area contributed by atoms with E-state index in [1.54, 1.807) is 4.90 Å². The SMILES string of the molecule is Cc1ccc(N2CCN(C)C(=O)C2(C)C)c(C(N)=S)c1. The smallest absolute Gasteiger partial charge is 0.247 e. The zero-order valence-electron chi connectivity index (χ0n) is 12.4. The quantitative estimate of drug-likeness (QED) is 0.842. The van der Waals surface area contributed by atoms with E-state index in [0.29, 0.717) is 11.5 Å². The molecule has 20 heavy (non-hydrogen) atoms. The number of hydrogen-bond acceptors (Lipinski definition) is 3. The zero-order chi connectivity index (χ0) is 15.1. The standard InChI is InChI=1S/C15H21N3OS/c1-10-5-6-12(11(9-10)13(16)20)18-8-7-17(4)14(19)15(18,2)3/h5-6,9H,7-8H2,1-4H3,(H2,16,20). The minimum atomic E-state index is -0.595. The summed E-state index contributed by atoms with van der Waals surface area (Å²) >= 11 is 5.16. The average molecular weight is 291 g/mol. The fourth-order valence-corrected chi connectivity index (χ4v) is 2.88. The molecule has 1 amide bonds. The van der Waals surface area contributed by atoms with Gasteiger partial charge in [-0.1, -0.05) is 23.8 Å². The Labute approximate surface area is 125 Å². The molecule has 1 fully saturated rings. The van der Waals surface area contributed by atoms with Crippen LogP contribution in [0.1, 0.15) is 25.0 Å². The maximum absolute atomic E-state index is 12.4. The topological polar surface area (TPSA) is 49.6 Å². The van der Waals surface area contributed by atoms with Gasteiger partial charge in [-0.05, 0) is 32.9 Å². The second kappa shape index (κ2) is 5.05. The first-order chi connectivity index (χ1) is 9.25. The molecule has 2 rings (SSSR count). The molecule has 1 aliphatic heterocycles. The normalized spacial score (nSPS) is 18.3. The van der Waals surface area contributed by atoms with Gasteiger partial charge < -0.3 is 15.5 Å². The summed E-state index contributed by atoms with van der Waals surface area (Å²) in [5.41, 5.74) is 8.14. The zero-order valence-corrected chi connectivity index (χ0v) is 13.3. The van der Waals surface area contributed by atoms with Crippen molar-refractivity contribution in [2.45, 2.75) is 26.3 Å². The van der Waals surface area contributed by atoms with Crippen molar-refractivity contribution in [3.8, 4) is 0 Å². The van der Waals surface area contributed by atoms with Gasteiger partial charge in [-0.15, -0.1) is 0 Å². The van der Waals surface area contributed by atoms with Gasteiger partial charge in [0, 0.05) is 31.4 Å². The Balaban J connectivity index is 2.51. The molecular weight excluding hydrogens is 270 g/mol. The number of nitrogens with two attached hydrogens (primary N) is 1. The van der Waals surface area contributed by atoms with Crippen LogP contribution in [0, 0.1) is 6.92 Å². The van der Waals surface area contributed by atoms with Crippen molar-refractivity contribution < 1.29 is 4.79 Å². The molecule has 0 atom stereocenters. The fourth-order valence-electron chi connectivity index (χ4n) is 2.72. The second-order valence-corrected chi connectivity index (χ2v) is 6.26. The third kappa shape index (κ3) is 2.38. The molecule has 0 saturated carbocycles. The second-order valence-electron chi connectivity index (χ2n) is 5.82. The van der Waals surface area contributed by atoms with Crippen molar-refractivity contribution in [1.82, 2.24) is 4.90 Å². The van der Waals surface area contributed by atoms with Crippen LogP contribution in [0.5, 0.6) is 0 Å². The van der Waals surface area contributed by atoms with E-state index in [1.165, 1.54) is 0 Å². The molecule has 1 aromatic rings. The number of carbonyl (C=O) groups excluding carboxylic acids is 1. The number of amides is 1. The average Bonchev–Trinajstić information content (AvgIpc) is 2.37. The van der Waals surface area contributed by atoms with Crippen molar-refractivity contribution in [2.24, 2.45) is 5.73 Å². The summed E-state index contributed by atoms with van der Waals surface area (Å²) < 4.78 is 0. The Hall–Kier alpha value is -1.62. The Morgan fingerprint density at radius 2 is 2.00 bits per heavy atom. The van der Waals surface area contributed by atoms with Crippen molar-refractivity contribution in [3.63, 3.8) is 0 Å². The number of likely N-dealkylation sites (N-methyl/N-ethyl adjacent to an activating group) is 1. The first kappa shape index (κ1) is 14.8. The first-order valence-electron chi connectivity index (χ1n) is 6.69. The highest BCUT2D eigenvalue weighted by atomic mass is 32.1. The van der Waals surface area contributed by atoms with Crippen LogP contribution in [0.3, 0.4) is 0 Å². The largest absolute Gasteiger partial charge is 0.389 e. The van der Waals surface area contributed by atoms with Gasteiger partial charge in [0.25, 0.3) is 0 Å². The molecule has 5 heteroatoms. The van der Waals surface area contributed by atoms with Crippen LogP contribution >= 0.6 is 12.2 Å². The molecule has 0 aliphatic carbocycles. The van der Waals surface area contributed by atoms with Crippen molar-refractivity contribution in [2.75, 3.05) is 25.0 Å². The number of rotatable bonds is 2. The predicted octanol–water partition coefficient (Wildman–Crippen LogP) is 1.69. The summed E-state index contributed by atoms with van der Waals surface area (Å²) in [4.78, 5) is 16.6. The number of hydrogen-bond donors (Lipinski definition) is 1. The number of thiocarbonyl (C=S) groups is 1. The highest BCUT2D eigenvalue weighted by Gasteiger charge is 2.41. The van der Waals surface area contributed by atoms with Crippen LogP contribution in [-0.4, -0.2) is 41.5 Å². The molecule has 0 aromatic heterocycles. The summed E-state index contributed by atoms with van der Waals surface area (Å²) in [6.07, 6.45) is 0. The van der Waals surface area contributed by atoms with Crippen LogP contribution in [0.25, 0.3) is 0 Å². The molecule has 0 unspecified atom stereocenters. The Bertz CT molecular complexity index is 568. The van der Waals surface area contributed by atoms with Crippen molar-refractivity contribution >= 4 is 28.8 Å². The van der Waals surface area contributed by atoms with Gasteiger partial charge in [-0.3, -0.25) is 4.79 Å². The highest BCUT2D eigenvalue weighted by molar-refractivity contribution is 7.80. The lowest BCUT2D eigenvalue weighted by Crippen LogP contribution is -2.62. The molecule has 1 aromatic carbocycles. The Morgan fingerprint density at radius 3 is 2.60 bits per heavy atom. The minimum absolute atomic E-state index is 0.109. The molecule has 0 bridgehead atoms. The molecule has 0 spiro atoms. The molecule has 108 valence electrons. The van der Waals surface area contributed by atoms with E-state index in [4.69, 9.17) is 18.0 Å². The fraction of sp³-hybridized carbons (Fsp3) is 0.467. The van der Waals surface area contributed by atoms with Crippen molar-refractivity contribution in [3.05, 3.63) is 29.3 Å². The van der Waals surface area contributed by atoms with E-state index < -0.39 is 5.54 Å². The van der Waals surface area contributed by atoms with Crippen LogP contribution < -0.4 is 10.6 Å². The van der Waals surface area contributed by atoms with Gasteiger partial charge in [-0.25, -0.2) is 0 Å². The van der Waals surface area contributed by atoms with E-state index >= 15 is 0 Å². The van der Waals surface area contributed by atoms with Crippen LogP contribution in [0.15, 0.2) is 18.2 Å². The highest BCUT2D eigenvalue weighted by Crippen LogP contribution is 2.31. The number of aryl methyl sites for hydroxylation is 1. The summed E-state index contributed by atoms with van der Waals surface area (Å²) in [5, 5.41) is 0. The maximum Gasteiger partial charge on any atom is 0.247 e. The van der Waals surface area contributed by atoms with Gasteiger partial charge in [0.05, 0.1) is 0 Å². The van der Waals surface area contributed by atoms with Gasteiger partial charge >= 0.3 is 0 Å². The predicted molar refractivity (Wildman–Crippen MR) is 86.1 cm³/mol. The molecule has 2 N–H and O–H groups in total. The van der Waals surface area contributed by atoms with Crippen LogP contribution in [-0.2, 0) is 4.79 Å². The van der Waals surface area contributed by atoms with E-state index in [9.17, 15) is 4.79 Å². The molecule has 1 aliphatic rings. The molecule has 1 saturated heterocycles. The van der Waals surface area contributed by atoms with Crippen molar-refractivity contribution in [1.29, 1.82) is 0 Å². The number of nitrogens with zero attached hydrogens (tertiary/aromatic N) is 2. The summed E-state index contributed by atoms with van der Waals surface area (Å²) in [6.45, 7) is 7.36. The monoisotopic (exact) mass is 291 g/mol. The number of piperazine rings is 1. The van der Waals surface area contributed by atoms with E-state index in [-0.39, 0.29) is 5.91 Å². The number of benzene rings is 1. The minimum Gasteiger partial charge on any atom is -0.389 e. The van der Waals surface area contributed by atoms with Gasteiger partial charge in [-0.2, -0.15) is 0 Å². The maximum atomic E-state index is 12.4. The lowest BCUT2D eigenvalue weighted by atomic mass is 9.95. The van der Waals surface area contributed by atoms with Crippen LogP contribution in [0.4, 0.5) is 5.69 Å².